The summed E-state index contributed by atoms with van der Waals surface area (Å²) >= 11 is 13.3. The molecule has 178 valence electrons. The molecular formula is C21H18Cl2N4O6S. The number of ether oxygens (including phenoxy) is 1. The Hall–Kier alpha value is -3.33. The molecule has 0 spiro atoms. The van der Waals surface area contributed by atoms with Crippen LogP contribution in [-0.2, 0) is 14.3 Å². The number of carbonyl (C=O) groups excluding carboxylic acids is 3. The zero-order valence-corrected chi connectivity index (χ0v) is 20.0. The van der Waals surface area contributed by atoms with Crippen LogP contribution in [-0.4, -0.2) is 47.4 Å². The molecule has 0 radical (unpaired) electrons. The number of nitro groups is 1. The van der Waals surface area contributed by atoms with Crippen LogP contribution in [0.5, 0.6) is 0 Å². The molecule has 2 N–H and O–H groups in total. The van der Waals surface area contributed by atoms with Crippen LogP contribution in [0.25, 0.3) is 0 Å². The van der Waals surface area contributed by atoms with Gasteiger partial charge >= 0.3 is 5.97 Å². The molecule has 2 amide bonds. The smallest absolute Gasteiger partial charge is 0.329 e. The van der Waals surface area contributed by atoms with E-state index in [1.54, 1.807) is 6.07 Å². The van der Waals surface area contributed by atoms with E-state index < -0.39 is 35.4 Å². The molecule has 2 rings (SSSR count). The van der Waals surface area contributed by atoms with Gasteiger partial charge in [0.15, 0.2) is 6.61 Å². The number of non-ortho nitro benzene ring substituents is 1. The van der Waals surface area contributed by atoms with E-state index in [2.05, 4.69) is 10.6 Å². The topological polar surface area (TPSA) is 151 Å². The molecule has 0 heterocycles. The summed E-state index contributed by atoms with van der Waals surface area (Å²) in [6.45, 7) is -0.700. The number of esters is 1. The number of nitrogens with zero attached hydrogens (tertiary/aromatic N) is 2. The zero-order chi connectivity index (χ0) is 25.3. The number of hydrogen-bond acceptors (Lipinski definition) is 8. The number of nitrogens with one attached hydrogen (secondary N) is 2. The van der Waals surface area contributed by atoms with E-state index in [0.29, 0.717) is 10.8 Å². The van der Waals surface area contributed by atoms with Crippen LogP contribution in [0.1, 0.15) is 22.3 Å². The number of carbonyl (C=O) groups is 3. The molecule has 0 aromatic heterocycles. The van der Waals surface area contributed by atoms with E-state index in [1.165, 1.54) is 36.0 Å². The highest BCUT2D eigenvalue weighted by atomic mass is 35.5. The lowest BCUT2D eigenvalue weighted by atomic mass is 10.1. The lowest BCUT2D eigenvalue weighted by Crippen LogP contribution is -2.43. The second-order valence-electron chi connectivity index (χ2n) is 6.69. The predicted octanol–water partition coefficient (Wildman–Crippen LogP) is 3.81. The van der Waals surface area contributed by atoms with Gasteiger partial charge in [-0.3, -0.25) is 19.7 Å². The van der Waals surface area contributed by atoms with Gasteiger partial charge in [0.25, 0.3) is 17.5 Å². The van der Waals surface area contributed by atoms with Crippen LogP contribution in [0.4, 0.5) is 11.4 Å². The van der Waals surface area contributed by atoms with Crippen LogP contribution in [0.3, 0.4) is 0 Å². The highest BCUT2D eigenvalue weighted by Gasteiger charge is 2.24. The Balaban J connectivity index is 2.02. The van der Waals surface area contributed by atoms with Gasteiger partial charge < -0.3 is 15.4 Å². The Morgan fingerprint density at radius 3 is 2.59 bits per heavy atom. The van der Waals surface area contributed by atoms with Crippen molar-refractivity contribution in [1.82, 2.24) is 5.32 Å². The molecule has 34 heavy (non-hydrogen) atoms. The van der Waals surface area contributed by atoms with Crippen LogP contribution in [0.15, 0.2) is 36.4 Å². The summed E-state index contributed by atoms with van der Waals surface area (Å²) < 4.78 is 5.04. The number of nitro benzene ring substituents is 1. The van der Waals surface area contributed by atoms with E-state index in [1.807, 2.05) is 6.26 Å². The second kappa shape index (κ2) is 12.8. The van der Waals surface area contributed by atoms with Crippen molar-refractivity contribution in [3.05, 3.63) is 67.7 Å². The Morgan fingerprint density at radius 1 is 1.24 bits per heavy atom. The van der Waals surface area contributed by atoms with Crippen LogP contribution < -0.4 is 10.6 Å². The SMILES string of the molecule is CSCCC(NC(=O)c1ccc(Cl)cc1Cl)C(=O)OCC(=O)Nc1ccc([N+](=O)[O-])cc1C#N. The first-order valence-electron chi connectivity index (χ1n) is 9.56. The van der Waals surface area contributed by atoms with E-state index in [-0.39, 0.29) is 33.9 Å². The molecule has 13 heteroatoms. The van der Waals surface area contributed by atoms with Gasteiger partial charge in [-0.05, 0) is 42.7 Å². The number of anilines is 1. The van der Waals surface area contributed by atoms with Gasteiger partial charge in [0.1, 0.15) is 12.1 Å². The average Bonchev–Trinajstić information content (AvgIpc) is 2.80. The average molecular weight is 525 g/mol. The van der Waals surface area contributed by atoms with Crippen molar-refractivity contribution in [1.29, 1.82) is 5.26 Å². The van der Waals surface area contributed by atoms with E-state index in [4.69, 9.17) is 33.2 Å². The molecule has 0 bridgehead atoms. The first-order chi connectivity index (χ1) is 16.2. The summed E-state index contributed by atoms with van der Waals surface area (Å²) in [6, 6.07) is 8.34. The summed E-state index contributed by atoms with van der Waals surface area (Å²) in [5, 5.41) is 25.3. The normalized spacial score (nSPS) is 11.1. The third-order valence-electron chi connectivity index (χ3n) is 4.33. The number of amides is 2. The van der Waals surface area contributed by atoms with Crippen molar-refractivity contribution in [2.75, 3.05) is 23.9 Å². The monoisotopic (exact) mass is 524 g/mol. The fraction of sp³-hybridized carbons (Fsp3) is 0.238. The summed E-state index contributed by atoms with van der Waals surface area (Å²) in [7, 11) is 0. The fourth-order valence-corrected chi connectivity index (χ4v) is 3.63. The number of thioether (sulfide) groups is 1. The van der Waals surface area contributed by atoms with Gasteiger partial charge in [-0.2, -0.15) is 17.0 Å². The predicted molar refractivity (Wildman–Crippen MR) is 128 cm³/mol. The minimum Gasteiger partial charge on any atom is -0.454 e. The second-order valence-corrected chi connectivity index (χ2v) is 8.52. The highest BCUT2D eigenvalue weighted by Crippen LogP contribution is 2.22. The number of rotatable bonds is 10. The number of nitriles is 1. The number of halogens is 2. The summed E-state index contributed by atoms with van der Waals surface area (Å²) in [6.07, 6.45) is 2.06. The Labute approximate surface area is 208 Å². The minimum atomic E-state index is -1.05. The van der Waals surface area contributed by atoms with Crippen molar-refractivity contribution < 1.29 is 24.0 Å². The van der Waals surface area contributed by atoms with Crippen molar-refractivity contribution in [2.24, 2.45) is 0 Å². The van der Waals surface area contributed by atoms with Gasteiger partial charge in [-0.25, -0.2) is 4.79 Å². The van der Waals surface area contributed by atoms with Crippen LogP contribution in [0.2, 0.25) is 10.0 Å². The van der Waals surface area contributed by atoms with Gasteiger partial charge in [0.05, 0.1) is 26.8 Å². The van der Waals surface area contributed by atoms with E-state index in [9.17, 15) is 24.5 Å². The summed E-state index contributed by atoms with van der Waals surface area (Å²) in [5.74, 6) is -1.70. The van der Waals surface area contributed by atoms with Crippen molar-refractivity contribution in [3.8, 4) is 6.07 Å². The molecular weight excluding hydrogens is 507 g/mol. The van der Waals surface area contributed by atoms with Crippen molar-refractivity contribution in [2.45, 2.75) is 12.5 Å². The van der Waals surface area contributed by atoms with Gasteiger partial charge in [-0.1, -0.05) is 23.2 Å². The molecule has 2 aromatic rings. The Morgan fingerprint density at radius 2 is 1.97 bits per heavy atom. The maximum atomic E-state index is 12.6. The fourth-order valence-electron chi connectivity index (χ4n) is 2.67. The Bertz CT molecular complexity index is 1150. The summed E-state index contributed by atoms with van der Waals surface area (Å²) in [5.41, 5.74) is -0.292. The first-order valence-corrected chi connectivity index (χ1v) is 11.7. The van der Waals surface area contributed by atoms with E-state index in [0.717, 1.165) is 12.1 Å². The number of benzene rings is 2. The Kier molecular flexibility index (Phi) is 10.1. The van der Waals surface area contributed by atoms with Gasteiger partial charge in [-0.15, -0.1) is 0 Å². The first kappa shape index (κ1) is 26.9. The van der Waals surface area contributed by atoms with Crippen molar-refractivity contribution >= 4 is 64.1 Å². The molecule has 2 aromatic carbocycles. The van der Waals surface area contributed by atoms with E-state index >= 15 is 0 Å². The number of hydrogen-bond donors (Lipinski definition) is 2. The minimum absolute atomic E-state index is 0.0266. The third kappa shape index (κ3) is 7.62. The van der Waals surface area contributed by atoms with Gasteiger partial charge in [0, 0.05) is 17.2 Å². The van der Waals surface area contributed by atoms with Crippen LogP contribution >= 0.6 is 35.0 Å². The lowest BCUT2D eigenvalue weighted by molar-refractivity contribution is -0.384. The lowest BCUT2D eigenvalue weighted by Gasteiger charge is -2.18. The molecule has 0 aliphatic heterocycles. The molecule has 0 aliphatic rings. The largest absolute Gasteiger partial charge is 0.454 e. The maximum absolute atomic E-state index is 12.6. The maximum Gasteiger partial charge on any atom is 0.329 e. The zero-order valence-electron chi connectivity index (χ0n) is 17.7. The quantitative estimate of drug-likeness (QED) is 0.270. The standard InChI is InChI=1S/C21H18Cl2N4O6S/c1-34-7-6-18(26-20(29)15-4-2-13(22)9-16(15)23)21(30)33-11-19(28)25-17-5-3-14(27(31)32)8-12(17)10-24/h2-5,8-9,18H,6-7,11H2,1H3,(H,25,28)(H,26,29). The van der Waals surface area contributed by atoms with Gasteiger partial charge in [0.2, 0.25) is 0 Å². The summed E-state index contributed by atoms with van der Waals surface area (Å²) in [4.78, 5) is 47.5. The molecule has 0 saturated carbocycles. The van der Waals surface area contributed by atoms with Crippen molar-refractivity contribution in [3.63, 3.8) is 0 Å². The molecule has 1 unspecified atom stereocenters. The molecule has 0 saturated heterocycles. The highest BCUT2D eigenvalue weighted by molar-refractivity contribution is 7.98. The molecule has 0 aliphatic carbocycles. The van der Waals surface area contributed by atoms with Crippen LogP contribution in [0, 0.1) is 21.4 Å². The third-order valence-corrected chi connectivity index (χ3v) is 5.52. The molecule has 0 fully saturated rings. The molecule has 1 atom stereocenters. The molecule has 10 nitrogen and oxygen atoms in total.